The van der Waals surface area contributed by atoms with Gasteiger partial charge in [-0.2, -0.15) is 11.8 Å². The van der Waals surface area contributed by atoms with E-state index in [4.69, 9.17) is 0 Å². The van der Waals surface area contributed by atoms with Gasteiger partial charge in [-0.25, -0.2) is 0 Å². The number of halogens is 1. The van der Waals surface area contributed by atoms with Crippen molar-refractivity contribution in [2.75, 3.05) is 43.0 Å². The SMILES string of the molecule is O=[N+]([O-])c1ccc(NCCN2CCSCC2)c(Br)c1. The Balaban J connectivity index is 1.83. The Labute approximate surface area is 125 Å². The molecule has 0 radical (unpaired) electrons. The zero-order valence-electron chi connectivity index (χ0n) is 10.5. The Morgan fingerprint density at radius 3 is 2.79 bits per heavy atom. The van der Waals surface area contributed by atoms with E-state index in [0.717, 1.165) is 36.3 Å². The van der Waals surface area contributed by atoms with Gasteiger partial charge in [-0.1, -0.05) is 0 Å². The number of nitro benzene ring substituents is 1. The van der Waals surface area contributed by atoms with Crippen molar-refractivity contribution in [1.29, 1.82) is 0 Å². The minimum Gasteiger partial charge on any atom is -0.383 e. The Morgan fingerprint density at radius 1 is 1.42 bits per heavy atom. The van der Waals surface area contributed by atoms with Crippen molar-refractivity contribution in [2.24, 2.45) is 0 Å². The van der Waals surface area contributed by atoms with Gasteiger partial charge in [-0.15, -0.1) is 0 Å². The molecule has 1 fully saturated rings. The van der Waals surface area contributed by atoms with E-state index in [0.29, 0.717) is 0 Å². The van der Waals surface area contributed by atoms with E-state index in [-0.39, 0.29) is 10.6 Å². The topological polar surface area (TPSA) is 58.4 Å². The van der Waals surface area contributed by atoms with Gasteiger partial charge < -0.3 is 5.32 Å². The van der Waals surface area contributed by atoms with Crippen LogP contribution >= 0.6 is 27.7 Å². The molecule has 1 aromatic carbocycles. The fraction of sp³-hybridized carbons (Fsp3) is 0.500. The first-order valence-electron chi connectivity index (χ1n) is 6.15. The highest BCUT2D eigenvalue weighted by molar-refractivity contribution is 9.10. The number of thioether (sulfide) groups is 1. The largest absolute Gasteiger partial charge is 0.383 e. The molecule has 0 aromatic heterocycles. The maximum absolute atomic E-state index is 10.6. The second-order valence-electron chi connectivity index (χ2n) is 4.30. The lowest BCUT2D eigenvalue weighted by Gasteiger charge is -2.26. The molecule has 0 atom stereocenters. The number of anilines is 1. The Kier molecular flexibility index (Phi) is 5.47. The fourth-order valence-corrected chi connectivity index (χ4v) is 3.42. The molecule has 0 saturated carbocycles. The van der Waals surface area contributed by atoms with Gasteiger partial charge in [0.15, 0.2) is 0 Å². The Bertz CT molecular complexity index is 453. The van der Waals surface area contributed by atoms with E-state index < -0.39 is 0 Å². The van der Waals surface area contributed by atoms with Gasteiger partial charge in [-0.05, 0) is 22.0 Å². The molecular formula is C12H16BrN3O2S. The van der Waals surface area contributed by atoms with Crippen LogP contribution in [0.1, 0.15) is 0 Å². The number of rotatable bonds is 5. The monoisotopic (exact) mass is 345 g/mol. The molecule has 0 unspecified atom stereocenters. The summed E-state index contributed by atoms with van der Waals surface area (Å²) in [6.45, 7) is 4.15. The third-order valence-corrected chi connectivity index (χ3v) is 4.61. The molecule has 104 valence electrons. The second-order valence-corrected chi connectivity index (χ2v) is 6.38. The lowest BCUT2D eigenvalue weighted by Crippen LogP contribution is -2.36. The highest BCUT2D eigenvalue weighted by atomic mass is 79.9. The van der Waals surface area contributed by atoms with Crippen LogP contribution in [0.2, 0.25) is 0 Å². The van der Waals surface area contributed by atoms with Crippen LogP contribution in [-0.2, 0) is 0 Å². The van der Waals surface area contributed by atoms with Crippen LogP contribution in [0.25, 0.3) is 0 Å². The first-order valence-corrected chi connectivity index (χ1v) is 8.09. The van der Waals surface area contributed by atoms with Crippen molar-refractivity contribution in [1.82, 2.24) is 4.90 Å². The molecule has 1 saturated heterocycles. The molecule has 1 aromatic rings. The smallest absolute Gasteiger partial charge is 0.270 e. The van der Waals surface area contributed by atoms with Crippen LogP contribution in [0.15, 0.2) is 22.7 Å². The van der Waals surface area contributed by atoms with Gasteiger partial charge in [-0.3, -0.25) is 15.0 Å². The number of nitrogens with zero attached hydrogens (tertiary/aromatic N) is 2. The molecule has 0 amide bonds. The van der Waals surface area contributed by atoms with Crippen LogP contribution in [-0.4, -0.2) is 47.5 Å². The van der Waals surface area contributed by atoms with Crippen LogP contribution < -0.4 is 5.32 Å². The molecule has 2 rings (SSSR count). The number of hydrogen-bond acceptors (Lipinski definition) is 5. The summed E-state index contributed by atoms with van der Waals surface area (Å²) in [6.07, 6.45) is 0. The number of non-ortho nitro benzene ring substituents is 1. The van der Waals surface area contributed by atoms with Crippen LogP contribution in [0.5, 0.6) is 0 Å². The van der Waals surface area contributed by atoms with Crippen LogP contribution in [0, 0.1) is 10.1 Å². The number of nitrogens with one attached hydrogen (secondary N) is 1. The standard InChI is InChI=1S/C12H16BrN3O2S/c13-11-9-10(16(17)18)1-2-12(11)14-3-4-15-5-7-19-8-6-15/h1-2,9,14H,3-8H2. The van der Waals surface area contributed by atoms with Crippen molar-refractivity contribution in [3.63, 3.8) is 0 Å². The van der Waals surface area contributed by atoms with Crippen LogP contribution in [0.4, 0.5) is 11.4 Å². The molecule has 0 spiro atoms. The average molecular weight is 346 g/mol. The molecule has 0 bridgehead atoms. The lowest BCUT2D eigenvalue weighted by molar-refractivity contribution is -0.384. The fourth-order valence-electron chi connectivity index (χ4n) is 1.93. The molecule has 5 nitrogen and oxygen atoms in total. The Morgan fingerprint density at radius 2 is 2.16 bits per heavy atom. The van der Waals surface area contributed by atoms with Gasteiger partial charge in [0, 0.05) is 60.0 Å². The summed E-state index contributed by atoms with van der Waals surface area (Å²) in [7, 11) is 0. The van der Waals surface area contributed by atoms with Gasteiger partial charge >= 0.3 is 0 Å². The molecule has 19 heavy (non-hydrogen) atoms. The molecule has 0 aliphatic carbocycles. The van der Waals surface area contributed by atoms with E-state index in [1.165, 1.54) is 23.6 Å². The highest BCUT2D eigenvalue weighted by Crippen LogP contribution is 2.26. The van der Waals surface area contributed by atoms with E-state index in [2.05, 4.69) is 26.1 Å². The van der Waals surface area contributed by atoms with E-state index in [1.54, 1.807) is 6.07 Å². The minimum atomic E-state index is -0.389. The first-order chi connectivity index (χ1) is 9.16. The summed E-state index contributed by atoms with van der Waals surface area (Å²) in [5.74, 6) is 2.42. The normalized spacial score (nSPS) is 16.3. The first kappa shape index (κ1) is 14.6. The summed E-state index contributed by atoms with van der Waals surface area (Å²) in [4.78, 5) is 12.7. The number of benzene rings is 1. The zero-order valence-corrected chi connectivity index (χ0v) is 12.9. The minimum absolute atomic E-state index is 0.102. The quantitative estimate of drug-likeness (QED) is 0.656. The van der Waals surface area contributed by atoms with Crippen molar-refractivity contribution < 1.29 is 4.92 Å². The van der Waals surface area contributed by atoms with E-state index in [1.807, 2.05) is 11.8 Å². The van der Waals surface area contributed by atoms with E-state index in [9.17, 15) is 10.1 Å². The maximum Gasteiger partial charge on any atom is 0.270 e. The zero-order chi connectivity index (χ0) is 13.7. The highest BCUT2D eigenvalue weighted by Gasteiger charge is 2.11. The molecule has 1 N–H and O–H groups in total. The third kappa shape index (κ3) is 4.36. The molecule has 1 aliphatic rings. The number of nitro groups is 1. The molecule has 1 aliphatic heterocycles. The predicted octanol–water partition coefficient (Wildman–Crippen LogP) is 2.82. The van der Waals surface area contributed by atoms with E-state index >= 15 is 0 Å². The summed E-state index contributed by atoms with van der Waals surface area (Å²) in [5, 5.41) is 13.9. The summed E-state index contributed by atoms with van der Waals surface area (Å²) in [6, 6.07) is 4.79. The van der Waals surface area contributed by atoms with Crippen molar-refractivity contribution in [2.45, 2.75) is 0 Å². The molecule has 7 heteroatoms. The molecular weight excluding hydrogens is 330 g/mol. The summed E-state index contributed by atoms with van der Waals surface area (Å²) in [5.41, 5.74) is 1.00. The van der Waals surface area contributed by atoms with Crippen molar-refractivity contribution in [3.05, 3.63) is 32.8 Å². The van der Waals surface area contributed by atoms with Crippen molar-refractivity contribution in [3.8, 4) is 0 Å². The van der Waals surface area contributed by atoms with Gasteiger partial charge in [0.25, 0.3) is 5.69 Å². The number of hydrogen-bond donors (Lipinski definition) is 1. The Hall–Kier alpha value is -0.790. The second kappa shape index (κ2) is 7.12. The summed E-state index contributed by atoms with van der Waals surface area (Å²) >= 11 is 5.36. The van der Waals surface area contributed by atoms with Crippen LogP contribution in [0.3, 0.4) is 0 Å². The lowest BCUT2D eigenvalue weighted by atomic mass is 10.3. The van der Waals surface area contributed by atoms with Gasteiger partial charge in [0.1, 0.15) is 0 Å². The average Bonchev–Trinajstić information content (AvgIpc) is 2.41. The van der Waals surface area contributed by atoms with Gasteiger partial charge in [0.05, 0.1) is 4.92 Å². The van der Waals surface area contributed by atoms with Gasteiger partial charge in [0.2, 0.25) is 0 Å². The maximum atomic E-state index is 10.6. The molecule has 1 heterocycles. The van der Waals surface area contributed by atoms with Crippen molar-refractivity contribution >= 4 is 39.1 Å². The predicted molar refractivity (Wildman–Crippen MR) is 83.1 cm³/mol. The third-order valence-electron chi connectivity index (χ3n) is 3.01. The summed E-state index contributed by atoms with van der Waals surface area (Å²) < 4.78 is 0.732.